The average Bonchev–Trinajstić information content (AvgIpc) is 2.41. The zero-order chi connectivity index (χ0) is 14.8. The molecule has 0 heterocycles. The molecule has 2 N–H and O–H groups in total. The van der Waals surface area contributed by atoms with Crippen LogP contribution in [0.5, 0.6) is 0 Å². The Morgan fingerprint density at radius 3 is 2.55 bits per heavy atom. The van der Waals surface area contributed by atoms with Gasteiger partial charge in [-0.2, -0.15) is 0 Å². The Hall–Kier alpha value is -0.350. The molecule has 20 heavy (non-hydrogen) atoms. The lowest BCUT2D eigenvalue weighted by Gasteiger charge is -2.33. The van der Waals surface area contributed by atoms with Crippen molar-refractivity contribution >= 4 is 23.2 Å². The van der Waals surface area contributed by atoms with Crippen molar-refractivity contribution in [1.29, 1.82) is 0 Å². The van der Waals surface area contributed by atoms with Gasteiger partial charge in [-0.15, -0.1) is 0 Å². The van der Waals surface area contributed by atoms with Gasteiger partial charge in [0.05, 0.1) is 10.6 Å². The van der Waals surface area contributed by atoms with Crippen LogP contribution >= 0.6 is 23.2 Å². The number of hydrogen-bond acceptors (Lipinski definition) is 2. The fourth-order valence-electron chi connectivity index (χ4n) is 2.71. The number of rotatable bonds is 4. The molecule has 0 radical (unpaired) electrons. The molecule has 1 aromatic carbocycles. The van der Waals surface area contributed by atoms with Gasteiger partial charge in [0.2, 0.25) is 0 Å². The summed E-state index contributed by atoms with van der Waals surface area (Å²) >= 11 is 11.8. The van der Waals surface area contributed by atoms with Gasteiger partial charge in [-0.25, -0.2) is 4.39 Å². The third kappa shape index (κ3) is 3.85. The van der Waals surface area contributed by atoms with Crippen molar-refractivity contribution in [1.82, 2.24) is 5.32 Å². The quantitative estimate of drug-likeness (QED) is 0.802. The van der Waals surface area contributed by atoms with E-state index in [2.05, 4.69) is 5.32 Å². The van der Waals surface area contributed by atoms with Crippen LogP contribution in [0.4, 0.5) is 4.39 Å². The Morgan fingerprint density at radius 1 is 1.25 bits per heavy atom. The smallest absolute Gasteiger partial charge is 0.142 e. The molecule has 1 aromatic rings. The van der Waals surface area contributed by atoms with Gasteiger partial charge in [0.15, 0.2) is 0 Å². The first-order valence-corrected chi connectivity index (χ1v) is 7.77. The Labute approximate surface area is 129 Å². The minimum absolute atomic E-state index is 0.0249. The molecule has 0 amide bonds. The first-order chi connectivity index (χ1) is 9.41. The van der Waals surface area contributed by atoms with Crippen molar-refractivity contribution < 1.29 is 9.50 Å². The second-order valence-corrected chi connectivity index (χ2v) is 6.49. The number of hydrogen-bond donors (Lipinski definition) is 2. The molecule has 1 unspecified atom stereocenters. The first-order valence-electron chi connectivity index (χ1n) is 7.01. The van der Waals surface area contributed by atoms with Crippen LogP contribution in [0.25, 0.3) is 0 Å². The fraction of sp³-hybridized carbons (Fsp3) is 0.600. The maximum atomic E-state index is 13.5. The zero-order valence-corrected chi connectivity index (χ0v) is 13.1. The number of nitrogens with one attached hydrogen (secondary N) is 1. The summed E-state index contributed by atoms with van der Waals surface area (Å²) in [6, 6.07) is 2.63. The van der Waals surface area contributed by atoms with Gasteiger partial charge in [-0.05, 0) is 37.5 Å². The van der Waals surface area contributed by atoms with E-state index in [9.17, 15) is 9.50 Å². The lowest BCUT2D eigenvalue weighted by Crippen LogP contribution is -2.42. The van der Waals surface area contributed by atoms with Crippen molar-refractivity contribution in [3.63, 3.8) is 0 Å². The summed E-state index contributed by atoms with van der Waals surface area (Å²) in [6.45, 7) is 2.40. The van der Waals surface area contributed by atoms with Crippen molar-refractivity contribution in [2.24, 2.45) is 0 Å². The topological polar surface area (TPSA) is 32.3 Å². The summed E-state index contributed by atoms with van der Waals surface area (Å²) in [5.41, 5.74) is 0.0113. The van der Waals surface area contributed by atoms with Crippen LogP contribution in [0.2, 0.25) is 10.0 Å². The van der Waals surface area contributed by atoms with Crippen LogP contribution in [0.15, 0.2) is 12.1 Å². The lowest BCUT2D eigenvalue weighted by atomic mass is 9.84. The number of halogens is 3. The highest BCUT2D eigenvalue weighted by Crippen LogP contribution is 2.31. The van der Waals surface area contributed by atoms with Gasteiger partial charge in [0.1, 0.15) is 5.82 Å². The molecule has 0 aliphatic heterocycles. The number of aliphatic hydroxyl groups is 1. The molecule has 1 saturated carbocycles. The van der Waals surface area contributed by atoms with Gasteiger partial charge in [-0.1, -0.05) is 42.5 Å². The summed E-state index contributed by atoms with van der Waals surface area (Å²) in [4.78, 5) is 0. The molecule has 1 aliphatic carbocycles. The second kappa shape index (κ2) is 6.61. The van der Waals surface area contributed by atoms with Gasteiger partial charge < -0.3 is 10.4 Å². The zero-order valence-electron chi connectivity index (χ0n) is 11.6. The summed E-state index contributed by atoms with van der Waals surface area (Å²) in [5.74, 6) is -0.476. The second-order valence-electron chi connectivity index (χ2n) is 5.68. The van der Waals surface area contributed by atoms with Gasteiger partial charge in [0.25, 0.3) is 0 Å². The van der Waals surface area contributed by atoms with Crippen molar-refractivity contribution in [3.05, 3.63) is 33.6 Å². The minimum Gasteiger partial charge on any atom is -0.389 e. The molecule has 0 saturated heterocycles. The first kappa shape index (κ1) is 16.0. The Morgan fingerprint density at radius 2 is 1.90 bits per heavy atom. The normalized spacial score (nSPS) is 19.9. The van der Waals surface area contributed by atoms with Crippen LogP contribution in [-0.4, -0.2) is 17.3 Å². The Kier molecular flexibility index (Phi) is 5.30. The summed E-state index contributed by atoms with van der Waals surface area (Å²) < 4.78 is 13.5. The molecule has 0 bridgehead atoms. The predicted molar refractivity (Wildman–Crippen MR) is 80.9 cm³/mol. The number of benzene rings is 1. The van der Waals surface area contributed by atoms with E-state index in [0.717, 1.165) is 25.7 Å². The van der Waals surface area contributed by atoms with Crippen LogP contribution in [0, 0.1) is 5.82 Å². The molecule has 2 rings (SSSR count). The van der Waals surface area contributed by atoms with Crippen molar-refractivity contribution in [3.8, 4) is 0 Å². The molecule has 2 nitrogen and oxygen atoms in total. The molecule has 1 aliphatic rings. The predicted octanol–water partition coefficient (Wildman–Crippen LogP) is 4.48. The van der Waals surface area contributed by atoms with Gasteiger partial charge in [-0.3, -0.25) is 0 Å². The minimum atomic E-state index is -0.649. The third-order valence-corrected chi connectivity index (χ3v) is 4.64. The van der Waals surface area contributed by atoms with E-state index in [1.807, 2.05) is 6.92 Å². The summed E-state index contributed by atoms with van der Waals surface area (Å²) in [7, 11) is 0. The summed E-state index contributed by atoms with van der Waals surface area (Å²) in [6.07, 6.45) is 4.93. The maximum Gasteiger partial charge on any atom is 0.142 e. The molecule has 1 atom stereocenters. The van der Waals surface area contributed by atoms with Crippen molar-refractivity contribution in [2.45, 2.75) is 50.7 Å². The van der Waals surface area contributed by atoms with Crippen LogP contribution in [-0.2, 0) is 0 Å². The standard InChI is InChI=1S/C15H20Cl2FNO/c1-10(11-7-14(18)13(17)8-12(11)16)19-9-15(20)5-3-2-4-6-15/h7-8,10,19-20H,2-6,9H2,1H3. The van der Waals surface area contributed by atoms with E-state index < -0.39 is 11.4 Å². The highest BCUT2D eigenvalue weighted by Gasteiger charge is 2.29. The highest BCUT2D eigenvalue weighted by atomic mass is 35.5. The molecule has 0 spiro atoms. The molecular weight excluding hydrogens is 300 g/mol. The SMILES string of the molecule is CC(NCC1(O)CCCCC1)c1cc(F)c(Cl)cc1Cl. The lowest BCUT2D eigenvalue weighted by molar-refractivity contribution is 0.00300. The average molecular weight is 320 g/mol. The Bertz CT molecular complexity index is 475. The third-order valence-electron chi connectivity index (χ3n) is 4.03. The molecule has 112 valence electrons. The Balaban J connectivity index is 2.01. The van der Waals surface area contributed by atoms with Crippen LogP contribution in [0.3, 0.4) is 0 Å². The monoisotopic (exact) mass is 319 g/mol. The maximum absolute atomic E-state index is 13.5. The molecule has 0 aromatic heterocycles. The van der Waals surface area contributed by atoms with E-state index in [0.29, 0.717) is 17.1 Å². The largest absolute Gasteiger partial charge is 0.389 e. The summed E-state index contributed by atoms with van der Waals surface area (Å²) in [5, 5.41) is 14.2. The van der Waals surface area contributed by atoms with Crippen LogP contribution < -0.4 is 5.32 Å². The van der Waals surface area contributed by atoms with Crippen LogP contribution in [0.1, 0.15) is 50.6 Å². The fourth-order valence-corrected chi connectivity index (χ4v) is 3.26. The highest BCUT2D eigenvalue weighted by molar-refractivity contribution is 6.35. The molecular formula is C15H20Cl2FNO. The molecule has 5 heteroatoms. The van der Waals surface area contributed by atoms with Crippen molar-refractivity contribution in [2.75, 3.05) is 6.54 Å². The van der Waals surface area contributed by atoms with E-state index >= 15 is 0 Å². The van der Waals surface area contributed by atoms with Gasteiger partial charge >= 0.3 is 0 Å². The van der Waals surface area contributed by atoms with E-state index in [4.69, 9.17) is 23.2 Å². The van der Waals surface area contributed by atoms with E-state index in [1.165, 1.54) is 18.6 Å². The van der Waals surface area contributed by atoms with E-state index in [1.54, 1.807) is 0 Å². The van der Waals surface area contributed by atoms with E-state index in [-0.39, 0.29) is 11.1 Å². The van der Waals surface area contributed by atoms with Gasteiger partial charge in [0, 0.05) is 17.6 Å². The molecule has 1 fully saturated rings.